The summed E-state index contributed by atoms with van der Waals surface area (Å²) in [5.74, 6) is 1.50. The van der Waals surface area contributed by atoms with Crippen LogP contribution in [0, 0.1) is 17.0 Å². The molecule has 6 nitrogen and oxygen atoms in total. The van der Waals surface area contributed by atoms with Gasteiger partial charge in [-0.1, -0.05) is 12.1 Å². The molecule has 0 amide bonds. The van der Waals surface area contributed by atoms with Gasteiger partial charge >= 0.3 is 0 Å². The van der Waals surface area contributed by atoms with Gasteiger partial charge in [-0.3, -0.25) is 10.1 Å². The van der Waals surface area contributed by atoms with Gasteiger partial charge in [-0.05, 0) is 26.8 Å². The Balaban J connectivity index is 2.15. The SMILES string of the molecule is Cc1cc(NCCSCC(C)(C)O)c2cccc([N+](=O)[O-])c2n1. The van der Waals surface area contributed by atoms with Gasteiger partial charge in [0, 0.05) is 40.9 Å². The van der Waals surface area contributed by atoms with Crippen molar-refractivity contribution in [1.82, 2.24) is 4.98 Å². The zero-order chi connectivity index (χ0) is 17.0. The number of aliphatic hydroxyl groups is 1. The minimum Gasteiger partial charge on any atom is -0.390 e. The molecule has 1 aromatic heterocycles. The molecule has 0 saturated carbocycles. The molecular formula is C16H21N3O3S. The number of nitrogens with zero attached hydrogens (tertiary/aromatic N) is 2. The maximum Gasteiger partial charge on any atom is 0.295 e. The van der Waals surface area contributed by atoms with Crippen molar-refractivity contribution in [2.75, 3.05) is 23.4 Å². The summed E-state index contributed by atoms with van der Waals surface area (Å²) in [6.45, 7) is 6.10. The van der Waals surface area contributed by atoms with Crippen LogP contribution >= 0.6 is 11.8 Å². The lowest BCUT2D eigenvalue weighted by atomic mass is 10.1. The van der Waals surface area contributed by atoms with Crippen LogP contribution in [-0.2, 0) is 0 Å². The molecule has 0 spiro atoms. The highest BCUT2D eigenvalue weighted by Gasteiger charge is 2.15. The first-order chi connectivity index (χ1) is 10.8. The van der Waals surface area contributed by atoms with E-state index in [1.54, 1.807) is 31.7 Å². The van der Waals surface area contributed by atoms with Gasteiger partial charge in [0.05, 0.1) is 10.5 Å². The molecule has 0 saturated heterocycles. The van der Waals surface area contributed by atoms with Gasteiger partial charge in [-0.25, -0.2) is 4.98 Å². The van der Waals surface area contributed by atoms with E-state index < -0.39 is 10.5 Å². The molecule has 0 fully saturated rings. The van der Waals surface area contributed by atoms with Crippen molar-refractivity contribution in [2.24, 2.45) is 0 Å². The first-order valence-electron chi connectivity index (χ1n) is 7.37. The van der Waals surface area contributed by atoms with Crippen molar-refractivity contribution in [3.05, 3.63) is 40.1 Å². The number of nitro benzene ring substituents is 1. The van der Waals surface area contributed by atoms with E-state index in [4.69, 9.17) is 0 Å². The van der Waals surface area contributed by atoms with Gasteiger partial charge in [0.25, 0.3) is 5.69 Å². The number of aromatic nitrogens is 1. The average Bonchev–Trinajstić information content (AvgIpc) is 2.44. The standard InChI is InChI=1S/C16H21N3O3S/c1-11-9-13(17-7-8-23-10-16(2,3)20)12-5-4-6-14(19(21)22)15(12)18-11/h4-6,9,20H,7-8,10H2,1-3H3,(H,17,18). The second kappa shape index (κ2) is 7.14. The molecule has 0 bridgehead atoms. The molecule has 0 atom stereocenters. The highest BCUT2D eigenvalue weighted by Crippen LogP contribution is 2.29. The molecule has 0 aliphatic heterocycles. The number of fused-ring (bicyclic) bond motifs is 1. The fourth-order valence-electron chi connectivity index (χ4n) is 2.23. The summed E-state index contributed by atoms with van der Waals surface area (Å²) in [6.07, 6.45) is 0. The number of hydrogen-bond acceptors (Lipinski definition) is 6. The van der Waals surface area contributed by atoms with Crippen LogP contribution in [0.4, 0.5) is 11.4 Å². The van der Waals surface area contributed by atoms with Gasteiger partial charge < -0.3 is 10.4 Å². The van der Waals surface area contributed by atoms with Crippen LogP contribution in [-0.4, -0.2) is 38.7 Å². The van der Waals surface area contributed by atoms with E-state index in [9.17, 15) is 15.2 Å². The van der Waals surface area contributed by atoms with Crippen molar-refractivity contribution in [3.63, 3.8) is 0 Å². The number of hydrogen-bond donors (Lipinski definition) is 2. The maximum absolute atomic E-state index is 11.1. The van der Waals surface area contributed by atoms with E-state index in [2.05, 4.69) is 10.3 Å². The smallest absolute Gasteiger partial charge is 0.295 e. The number of nitro groups is 1. The summed E-state index contributed by atoms with van der Waals surface area (Å²) in [5.41, 5.74) is 1.33. The molecule has 124 valence electrons. The third-order valence-corrected chi connectivity index (χ3v) is 4.56. The number of benzene rings is 1. The lowest BCUT2D eigenvalue weighted by Crippen LogP contribution is -2.22. The fourth-order valence-corrected chi connectivity index (χ4v) is 3.13. The van der Waals surface area contributed by atoms with Crippen LogP contribution < -0.4 is 5.32 Å². The van der Waals surface area contributed by atoms with Crippen molar-refractivity contribution in [1.29, 1.82) is 0 Å². The topological polar surface area (TPSA) is 88.3 Å². The molecule has 0 aliphatic rings. The highest BCUT2D eigenvalue weighted by atomic mass is 32.2. The van der Waals surface area contributed by atoms with Gasteiger partial charge in [0.1, 0.15) is 0 Å². The summed E-state index contributed by atoms with van der Waals surface area (Å²) in [7, 11) is 0. The predicted octanol–water partition coefficient (Wildman–Crippen LogP) is 3.37. The summed E-state index contributed by atoms with van der Waals surface area (Å²) >= 11 is 1.66. The first-order valence-corrected chi connectivity index (χ1v) is 8.52. The van der Waals surface area contributed by atoms with Gasteiger partial charge in [0.15, 0.2) is 5.52 Å². The Bertz CT molecular complexity index is 714. The molecule has 0 aliphatic carbocycles. The molecule has 23 heavy (non-hydrogen) atoms. The van der Waals surface area contributed by atoms with Crippen molar-refractivity contribution >= 4 is 34.0 Å². The number of aryl methyl sites for hydroxylation is 1. The number of nitrogens with one attached hydrogen (secondary N) is 1. The Labute approximate surface area is 139 Å². The zero-order valence-electron chi connectivity index (χ0n) is 13.5. The second-order valence-electron chi connectivity index (χ2n) is 6.03. The molecule has 0 radical (unpaired) electrons. The Kier molecular flexibility index (Phi) is 5.43. The summed E-state index contributed by atoms with van der Waals surface area (Å²) in [6, 6.07) is 6.87. The van der Waals surface area contributed by atoms with Gasteiger partial charge in [-0.15, -0.1) is 0 Å². The molecule has 2 N–H and O–H groups in total. The van der Waals surface area contributed by atoms with Gasteiger partial charge in [-0.2, -0.15) is 11.8 Å². The fraction of sp³-hybridized carbons (Fsp3) is 0.438. The van der Waals surface area contributed by atoms with Crippen LogP contribution in [0.15, 0.2) is 24.3 Å². The van der Waals surface area contributed by atoms with E-state index in [0.717, 1.165) is 22.5 Å². The Hall–Kier alpha value is -1.86. The number of rotatable bonds is 7. The molecule has 1 heterocycles. The lowest BCUT2D eigenvalue weighted by Gasteiger charge is -2.16. The average molecular weight is 335 g/mol. The Morgan fingerprint density at radius 2 is 2.17 bits per heavy atom. The normalized spacial score (nSPS) is 11.7. The second-order valence-corrected chi connectivity index (χ2v) is 7.14. The number of pyridine rings is 1. The van der Waals surface area contributed by atoms with Crippen molar-refractivity contribution in [2.45, 2.75) is 26.4 Å². The van der Waals surface area contributed by atoms with Crippen LogP contribution in [0.5, 0.6) is 0 Å². The van der Waals surface area contributed by atoms with Crippen LogP contribution in [0.2, 0.25) is 0 Å². The van der Waals surface area contributed by atoms with Crippen molar-refractivity contribution in [3.8, 4) is 0 Å². The predicted molar refractivity (Wildman–Crippen MR) is 95.2 cm³/mol. The Morgan fingerprint density at radius 1 is 1.43 bits per heavy atom. The quantitative estimate of drug-likeness (QED) is 0.458. The van der Waals surface area contributed by atoms with E-state index in [-0.39, 0.29) is 5.69 Å². The highest BCUT2D eigenvalue weighted by molar-refractivity contribution is 7.99. The van der Waals surface area contributed by atoms with Crippen LogP contribution in [0.1, 0.15) is 19.5 Å². The van der Waals surface area contributed by atoms with Crippen molar-refractivity contribution < 1.29 is 10.0 Å². The minimum absolute atomic E-state index is 0.0191. The molecule has 7 heteroatoms. The summed E-state index contributed by atoms with van der Waals surface area (Å²) < 4.78 is 0. The molecule has 2 aromatic rings. The largest absolute Gasteiger partial charge is 0.390 e. The number of anilines is 1. The van der Waals surface area contributed by atoms with E-state index in [1.165, 1.54) is 6.07 Å². The molecular weight excluding hydrogens is 314 g/mol. The molecule has 0 unspecified atom stereocenters. The van der Waals surface area contributed by atoms with E-state index in [1.807, 2.05) is 19.1 Å². The third-order valence-electron chi connectivity index (χ3n) is 3.16. The third kappa shape index (κ3) is 4.80. The molecule has 2 rings (SSSR count). The monoisotopic (exact) mass is 335 g/mol. The number of non-ortho nitro benzene ring substituents is 1. The van der Waals surface area contributed by atoms with Crippen LogP contribution in [0.25, 0.3) is 10.9 Å². The summed E-state index contributed by atoms with van der Waals surface area (Å²) in [4.78, 5) is 15.1. The first kappa shape index (κ1) is 17.5. The van der Waals surface area contributed by atoms with E-state index in [0.29, 0.717) is 17.8 Å². The zero-order valence-corrected chi connectivity index (χ0v) is 14.3. The van der Waals surface area contributed by atoms with Gasteiger partial charge in [0.2, 0.25) is 0 Å². The van der Waals surface area contributed by atoms with Crippen LogP contribution in [0.3, 0.4) is 0 Å². The number of para-hydroxylation sites is 1. The van der Waals surface area contributed by atoms with E-state index >= 15 is 0 Å². The number of thioether (sulfide) groups is 1. The lowest BCUT2D eigenvalue weighted by molar-refractivity contribution is -0.383. The minimum atomic E-state index is -0.675. The Morgan fingerprint density at radius 3 is 2.83 bits per heavy atom. The summed E-state index contributed by atoms with van der Waals surface area (Å²) in [5, 5.41) is 24.9. The molecule has 1 aromatic carbocycles. The maximum atomic E-state index is 11.1.